The summed E-state index contributed by atoms with van der Waals surface area (Å²) >= 11 is 7.30. The van der Waals surface area contributed by atoms with Crippen LogP contribution in [0.1, 0.15) is 38.8 Å². The first kappa shape index (κ1) is 30.9. The summed E-state index contributed by atoms with van der Waals surface area (Å²) in [5, 5.41) is 11.2. The van der Waals surface area contributed by atoms with Crippen molar-refractivity contribution < 1.29 is 24.1 Å². The molecule has 196 valence electrons. The Hall–Kier alpha value is -3.16. The quantitative estimate of drug-likeness (QED) is 0.162. The summed E-state index contributed by atoms with van der Waals surface area (Å²) in [5.74, 6) is 2.05. The average Bonchev–Trinajstić information content (AvgIpc) is 2.94. The number of hydrogen-bond acceptors (Lipinski definition) is 7. The second-order valence-corrected chi connectivity index (χ2v) is 7.89. The summed E-state index contributed by atoms with van der Waals surface area (Å²) in [6, 6.07) is 14.7. The van der Waals surface area contributed by atoms with Crippen molar-refractivity contribution in [3.63, 3.8) is 0 Å². The van der Waals surface area contributed by atoms with Gasteiger partial charge in [-0.1, -0.05) is 51.4 Å². The largest absolute Gasteiger partial charge is 0.503 e. The molecule has 2 N–H and O–H groups in total. The van der Waals surface area contributed by atoms with Gasteiger partial charge in [-0.3, -0.25) is 0 Å². The molecule has 0 saturated heterocycles. The van der Waals surface area contributed by atoms with Gasteiger partial charge in [0.1, 0.15) is 0 Å². The second-order valence-electron chi connectivity index (χ2n) is 6.57. The number of aromatic hydroxyl groups is 1. The summed E-state index contributed by atoms with van der Waals surface area (Å²) < 4.78 is 24.7. The second kappa shape index (κ2) is 16.5. The fourth-order valence-corrected chi connectivity index (χ4v) is 3.75. The van der Waals surface area contributed by atoms with Crippen LogP contribution in [-0.4, -0.2) is 33.5 Å². The minimum Gasteiger partial charge on any atom is -0.503 e. The van der Waals surface area contributed by atoms with E-state index in [1.165, 1.54) is 19.1 Å². The molecule has 0 atom stereocenters. The Morgan fingerprint density at radius 1 is 0.722 bits per heavy atom. The predicted octanol–water partition coefficient (Wildman–Crippen LogP) is 8.42. The van der Waals surface area contributed by atoms with Crippen LogP contribution in [-0.2, 0) is 0 Å². The maximum Gasteiger partial charge on any atom is 0.203 e. The van der Waals surface area contributed by atoms with Crippen molar-refractivity contribution in [1.82, 2.24) is 0 Å². The highest BCUT2D eigenvalue weighted by atomic mass is 35.5. The smallest absolute Gasteiger partial charge is 0.203 e. The van der Waals surface area contributed by atoms with E-state index >= 15 is 0 Å². The molecule has 0 fully saturated rings. The zero-order valence-corrected chi connectivity index (χ0v) is 23.7. The van der Waals surface area contributed by atoms with E-state index in [1.54, 1.807) is 27.4 Å². The van der Waals surface area contributed by atoms with Crippen molar-refractivity contribution in [1.29, 1.82) is 0 Å². The number of benzene rings is 3. The van der Waals surface area contributed by atoms with Crippen molar-refractivity contribution in [2.75, 3.05) is 33.2 Å². The zero-order chi connectivity index (χ0) is 27.1. The Labute approximate surface area is 224 Å². The van der Waals surface area contributed by atoms with Crippen molar-refractivity contribution >= 4 is 41.4 Å². The van der Waals surface area contributed by atoms with E-state index in [0.717, 1.165) is 16.0 Å². The molecule has 0 heterocycles. The fraction of sp³-hybridized carbons (Fsp3) is 0.286. The molecule has 3 rings (SSSR count). The minimum absolute atomic E-state index is 0.0268. The SMILES string of the molecule is CC.CC.COc1cc(/C=C\c2cc(OC)c(OC)c(OC)c2)cc(NSc2ccc(Cl)cc2)c1O. The summed E-state index contributed by atoms with van der Waals surface area (Å²) in [6.07, 6.45) is 3.81. The lowest BCUT2D eigenvalue weighted by atomic mass is 10.1. The van der Waals surface area contributed by atoms with Crippen LogP contribution in [0.2, 0.25) is 5.02 Å². The third-order valence-electron chi connectivity index (χ3n) is 4.56. The molecule has 0 spiro atoms. The highest BCUT2D eigenvalue weighted by molar-refractivity contribution is 8.00. The number of phenols is 1. The molecule has 0 aliphatic heterocycles. The van der Waals surface area contributed by atoms with E-state index in [4.69, 9.17) is 30.5 Å². The molecule has 0 aromatic heterocycles. The number of halogens is 1. The Morgan fingerprint density at radius 2 is 1.19 bits per heavy atom. The standard InChI is InChI=1S/C24H24ClNO5S.2C2H6/c1-28-20-12-15(5-6-16-13-21(29-2)24(31-4)22(14-16)30-3)11-19(23(20)27)26-32-18-9-7-17(25)8-10-18;2*1-2/h5-14,26-27H,1-4H3;2*1-2H3/b6-5-;;. The number of hydrogen-bond donors (Lipinski definition) is 2. The van der Waals surface area contributed by atoms with Gasteiger partial charge in [-0.2, -0.15) is 0 Å². The molecule has 3 aromatic rings. The molecule has 36 heavy (non-hydrogen) atoms. The lowest BCUT2D eigenvalue weighted by molar-refractivity contribution is 0.324. The zero-order valence-electron chi connectivity index (χ0n) is 22.1. The van der Waals surface area contributed by atoms with Crippen LogP contribution >= 0.6 is 23.5 Å². The van der Waals surface area contributed by atoms with Gasteiger partial charge < -0.3 is 28.8 Å². The van der Waals surface area contributed by atoms with E-state index < -0.39 is 0 Å². The first-order chi connectivity index (χ1) is 17.5. The van der Waals surface area contributed by atoms with Crippen LogP contribution in [0.15, 0.2) is 53.4 Å². The van der Waals surface area contributed by atoms with Crippen LogP contribution in [0.4, 0.5) is 5.69 Å². The van der Waals surface area contributed by atoms with Gasteiger partial charge in [-0.15, -0.1) is 0 Å². The molecule has 0 aliphatic rings. The Balaban J connectivity index is 0.00000154. The van der Waals surface area contributed by atoms with E-state index in [2.05, 4.69) is 4.72 Å². The van der Waals surface area contributed by atoms with Crippen LogP contribution in [0.5, 0.6) is 28.7 Å². The Morgan fingerprint density at radius 3 is 1.67 bits per heavy atom. The maximum atomic E-state index is 10.5. The lowest BCUT2D eigenvalue weighted by Crippen LogP contribution is -1.95. The summed E-state index contributed by atoms with van der Waals surface area (Å²) in [4.78, 5) is 0.950. The third-order valence-corrected chi connectivity index (χ3v) is 5.65. The molecular formula is C28H36ClNO5S. The van der Waals surface area contributed by atoms with Crippen LogP contribution in [0.25, 0.3) is 12.2 Å². The molecule has 0 radical (unpaired) electrons. The highest BCUT2D eigenvalue weighted by Gasteiger charge is 2.13. The van der Waals surface area contributed by atoms with Gasteiger partial charge >= 0.3 is 0 Å². The van der Waals surface area contributed by atoms with E-state index in [1.807, 2.05) is 82.3 Å². The fourth-order valence-electron chi connectivity index (χ4n) is 2.97. The first-order valence-electron chi connectivity index (χ1n) is 11.6. The predicted molar refractivity (Wildman–Crippen MR) is 153 cm³/mol. The maximum absolute atomic E-state index is 10.5. The van der Waals surface area contributed by atoms with Gasteiger partial charge in [0.15, 0.2) is 23.0 Å². The number of ether oxygens (including phenoxy) is 4. The van der Waals surface area contributed by atoms with E-state index in [0.29, 0.717) is 33.7 Å². The first-order valence-corrected chi connectivity index (χ1v) is 12.8. The van der Waals surface area contributed by atoms with Gasteiger partial charge in [-0.25, -0.2) is 0 Å². The molecule has 0 saturated carbocycles. The molecule has 0 amide bonds. The van der Waals surface area contributed by atoms with Gasteiger partial charge in [0.25, 0.3) is 0 Å². The van der Waals surface area contributed by atoms with Crippen LogP contribution < -0.4 is 23.7 Å². The number of rotatable bonds is 9. The van der Waals surface area contributed by atoms with Crippen molar-refractivity contribution in [3.8, 4) is 28.7 Å². The normalized spacial score (nSPS) is 9.92. The molecule has 0 aliphatic carbocycles. The molecule has 0 unspecified atom stereocenters. The minimum atomic E-state index is 0.0268. The summed E-state index contributed by atoms with van der Waals surface area (Å²) in [7, 11) is 6.23. The molecule has 3 aromatic carbocycles. The summed E-state index contributed by atoms with van der Waals surface area (Å²) in [6.45, 7) is 8.00. The number of phenolic OH excluding ortho intramolecular Hbond substituents is 1. The number of nitrogens with one attached hydrogen (secondary N) is 1. The van der Waals surface area contributed by atoms with Gasteiger partial charge in [0.2, 0.25) is 5.75 Å². The monoisotopic (exact) mass is 533 g/mol. The lowest BCUT2D eigenvalue weighted by Gasteiger charge is -2.13. The highest BCUT2D eigenvalue weighted by Crippen LogP contribution is 2.40. The van der Waals surface area contributed by atoms with Gasteiger partial charge in [-0.05, 0) is 71.6 Å². The van der Waals surface area contributed by atoms with Gasteiger partial charge in [0, 0.05) is 9.92 Å². The van der Waals surface area contributed by atoms with Crippen LogP contribution in [0.3, 0.4) is 0 Å². The molecule has 6 nitrogen and oxygen atoms in total. The Kier molecular flexibility index (Phi) is 14.1. The van der Waals surface area contributed by atoms with E-state index in [-0.39, 0.29) is 5.75 Å². The average molecular weight is 534 g/mol. The molecular weight excluding hydrogens is 498 g/mol. The van der Waals surface area contributed by atoms with Crippen molar-refractivity contribution in [2.45, 2.75) is 32.6 Å². The Bertz CT molecular complexity index is 1080. The molecule has 0 bridgehead atoms. The topological polar surface area (TPSA) is 69.2 Å². The number of methoxy groups -OCH3 is 4. The van der Waals surface area contributed by atoms with Crippen molar-refractivity contribution in [3.05, 3.63) is 64.7 Å². The molecule has 8 heteroatoms. The van der Waals surface area contributed by atoms with Crippen molar-refractivity contribution in [2.24, 2.45) is 0 Å². The van der Waals surface area contributed by atoms with Crippen LogP contribution in [0, 0.1) is 0 Å². The third kappa shape index (κ3) is 8.50. The van der Waals surface area contributed by atoms with E-state index in [9.17, 15) is 5.11 Å². The summed E-state index contributed by atoms with van der Waals surface area (Å²) in [5.41, 5.74) is 2.21. The van der Waals surface area contributed by atoms with Gasteiger partial charge in [0.05, 0.1) is 34.1 Å². The number of anilines is 1.